The molecule has 1 aliphatic rings. The predicted octanol–water partition coefficient (Wildman–Crippen LogP) is 1.67. The maximum atomic E-state index is 12.2. The van der Waals surface area contributed by atoms with Gasteiger partial charge in [-0.05, 0) is 24.3 Å². The molecule has 0 aromatic heterocycles. The minimum Gasteiger partial charge on any atom is -0.327 e. The average molecular weight is 257 g/mol. The lowest BCUT2D eigenvalue weighted by Crippen LogP contribution is -2.36. The van der Waals surface area contributed by atoms with Crippen LogP contribution in [0.1, 0.15) is 24.8 Å². The first-order chi connectivity index (χ1) is 9.20. The number of hydrogen-bond donors (Lipinski definition) is 1. The minimum atomic E-state index is -0.0514. The van der Waals surface area contributed by atoms with E-state index in [1.165, 1.54) is 0 Å². The van der Waals surface area contributed by atoms with E-state index in [-0.39, 0.29) is 18.5 Å². The Hall–Kier alpha value is -1.86. The zero-order valence-electron chi connectivity index (χ0n) is 11.0. The van der Waals surface area contributed by atoms with Crippen LogP contribution in [0.2, 0.25) is 0 Å². The standard InChI is InChI=1S/C15H19N3O/c16-8-9-18(11-12-4-2-1-3-5-12)15(19)10-14(17)13-6-7-13/h1-5,13-14H,6-7,9-11,17H2. The fraction of sp³-hybridized carbons (Fsp3) is 0.467. The maximum absolute atomic E-state index is 12.2. The van der Waals surface area contributed by atoms with Crippen LogP contribution in [0.25, 0.3) is 0 Å². The van der Waals surface area contributed by atoms with Gasteiger partial charge in [0.2, 0.25) is 5.91 Å². The van der Waals surface area contributed by atoms with Crippen molar-refractivity contribution in [3.05, 3.63) is 35.9 Å². The van der Waals surface area contributed by atoms with Crippen molar-refractivity contribution in [1.82, 2.24) is 4.90 Å². The molecule has 1 aromatic carbocycles. The van der Waals surface area contributed by atoms with Gasteiger partial charge in [0.15, 0.2) is 0 Å². The Morgan fingerprint density at radius 3 is 2.68 bits per heavy atom. The van der Waals surface area contributed by atoms with Crippen molar-refractivity contribution in [2.24, 2.45) is 11.7 Å². The van der Waals surface area contributed by atoms with Crippen LogP contribution in [-0.2, 0) is 11.3 Å². The first kappa shape index (κ1) is 13.6. The van der Waals surface area contributed by atoms with Crippen LogP contribution in [0.4, 0.5) is 0 Å². The Bertz CT molecular complexity index is 462. The van der Waals surface area contributed by atoms with Crippen LogP contribution in [-0.4, -0.2) is 23.4 Å². The van der Waals surface area contributed by atoms with Gasteiger partial charge in [-0.25, -0.2) is 0 Å². The van der Waals surface area contributed by atoms with Gasteiger partial charge in [-0.15, -0.1) is 0 Å². The van der Waals surface area contributed by atoms with Gasteiger partial charge >= 0.3 is 0 Å². The number of hydrogen-bond acceptors (Lipinski definition) is 3. The summed E-state index contributed by atoms with van der Waals surface area (Å²) in [6.45, 7) is 0.593. The van der Waals surface area contributed by atoms with E-state index in [4.69, 9.17) is 11.0 Å². The third-order valence-corrected chi connectivity index (χ3v) is 3.47. The molecule has 1 aromatic rings. The van der Waals surface area contributed by atoms with Gasteiger partial charge < -0.3 is 10.6 Å². The quantitative estimate of drug-likeness (QED) is 0.788. The van der Waals surface area contributed by atoms with Crippen molar-refractivity contribution in [1.29, 1.82) is 5.26 Å². The highest BCUT2D eigenvalue weighted by Gasteiger charge is 2.30. The molecule has 0 saturated heterocycles. The van der Waals surface area contributed by atoms with Crippen LogP contribution >= 0.6 is 0 Å². The molecule has 4 nitrogen and oxygen atoms in total. The molecule has 1 atom stereocenters. The molecule has 4 heteroatoms. The number of rotatable bonds is 6. The van der Waals surface area contributed by atoms with Crippen LogP contribution in [0.3, 0.4) is 0 Å². The molecule has 1 aliphatic carbocycles. The van der Waals surface area contributed by atoms with Crippen LogP contribution in [0, 0.1) is 17.2 Å². The number of amides is 1. The summed E-state index contributed by atoms with van der Waals surface area (Å²) in [7, 11) is 0. The highest BCUT2D eigenvalue weighted by Crippen LogP contribution is 2.33. The van der Waals surface area contributed by atoms with Crippen molar-refractivity contribution in [3.8, 4) is 6.07 Å². The van der Waals surface area contributed by atoms with Gasteiger partial charge in [0.1, 0.15) is 6.54 Å². The van der Waals surface area contributed by atoms with Crippen LogP contribution in [0.5, 0.6) is 0 Å². The fourth-order valence-electron chi connectivity index (χ4n) is 2.14. The van der Waals surface area contributed by atoms with Gasteiger partial charge in [-0.1, -0.05) is 30.3 Å². The molecular formula is C15H19N3O. The van der Waals surface area contributed by atoms with Gasteiger partial charge in [0.25, 0.3) is 0 Å². The largest absolute Gasteiger partial charge is 0.327 e. The topological polar surface area (TPSA) is 70.1 Å². The maximum Gasteiger partial charge on any atom is 0.225 e. The number of nitriles is 1. The zero-order chi connectivity index (χ0) is 13.7. The Kier molecular flexibility index (Phi) is 4.53. The molecule has 0 aliphatic heterocycles. The lowest BCUT2D eigenvalue weighted by atomic mass is 10.1. The Morgan fingerprint density at radius 2 is 2.11 bits per heavy atom. The summed E-state index contributed by atoms with van der Waals surface area (Å²) < 4.78 is 0. The predicted molar refractivity (Wildman–Crippen MR) is 72.8 cm³/mol. The summed E-state index contributed by atoms with van der Waals surface area (Å²) in [5, 5.41) is 8.84. The molecule has 19 heavy (non-hydrogen) atoms. The molecular weight excluding hydrogens is 238 g/mol. The summed E-state index contributed by atoms with van der Waals surface area (Å²) in [5.41, 5.74) is 7.01. The van der Waals surface area contributed by atoms with Gasteiger partial charge in [-0.2, -0.15) is 5.26 Å². The number of nitrogens with zero attached hydrogens (tertiary/aromatic N) is 2. The lowest BCUT2D eigenvalue weighted by Gasteiger charge is -2.21. The van der Waals surface area contributed by atoms with Crippen molar-refractivity contribution >= 4 is 5.91 Å². The van der Waals surface area contributed by atoms with Crippen molar-refractivity contribution in [2.75, 3.05) is 6.54 Å². The second kappa shape index (κ2) is 6.35. The fourth-order valence-corrected chi connectivity index (χ4v) is 2.14. The lowest BCUT2D eigenvalue weighted by molar-refractivity contribution is -0.131. The van der Waals surface area contributed by atoms with E-state index in [1.807, 2.05) is 30.3 Å². The van der Waals surface area contributed by atoms with Gasteiger partial charge in [-0.3, -0.25) is 4.79 Å². The van der Waals surface area contributed by atoms with E-state index < -0.39 is 0 Å². The Labute approximate surface area is 113 Å². The highest BCUT2D eigenvalue weighted by molar-refractivity contribution is 5.77. The Morgan fingerprint density at radius 1 is 1.42 bits per heavy atom. The molecule has 2 rings (SSSR count). The Balaban J connectivity index is 1.94. The summed E-state index contributed by atoms with van der Waals surface area (Å²) in [6, 6.07) is 11.7. The summed E-state index contributed by atoms with van der Waals surface area (Å²) in [5.74, 6) is 0.481. The summed E-state index contributed by atoms with van der Waals surface area (Å²) in [4.78, 5) is 13.8. The molecule has 100 valence electrons. The van der Waals surface area contributed by atoms with E-state index >= 15 is 0 Å². The highest BCUT2D eigenvalue weighted by atomic mass is 16.2. The van der Waals surface area contributed by atoms with Gasteiger partial charge in [0.05, 0.1) is 6.07 Å². The molecule has 1 amide bonds. The first-order valence-electron chi connectivity index (χ1n) is 6.65. The second-order valence-electron chi connectivity index (χ2n) is 5.10. The normalized spacial score (nSPS) is 15.6. The van der Waals surface area contributed by atoms with Crippen molar-refractivity contribution in [2.45, 2.75) is 31.8 Å². The molecule has 1 fully saturated rings. The molecule has 1 saturated carbocycles. The third-order valence-electron chi connectivity index (χ3n) is 3.47. The number of carbonyl (C=O) groups is 1. The minimum absolute atomic E-state index is 0.0233. The summed E-state index contributed by atoms with van der Waals surface area (Å²) >= 11 is 0. The monoisotopic (exact) mass is 257 g/mol. The van der Waals surface area contributed by atoms with Gasteiger partial charge in [0, 0.05) is 19.0 Å². The van der Waals surface area contributed by atoms with E-state index in [9.17, 15) is 4.79 Å². The zero-order valence-corrected chi connectivity index (χ0v) is 11.0. The average Bonchev–Trinajstić information content (AvgIpc) is 3.23. The molecule has 0 bridgehead atoms. The van der Waals surface area contributed by atoms with E-state index in [2.05, 4.69) is 6.07 Å². The van der Waals surface area contributed by atoms with Crippen LogP contribution in [0.15, 0.2) is 30.3 Å². The number of carbonyl (C=O) groups excluding carboxylic acids is 1. The van der Waals surface area contributed by atoms with E-state index in [0.717, 1.165) is 18.4 Å². The van der Waals surface area contributed by atoms with Crippen molar-refractivity contribution < 1.29 is 4.79 Å². The van der Waals surface area contributed by atoms with E-state index in [0.29, 0.717) is 18.9 Å². The third kappa shape index (κ3) is 4.08. The molecule has 0 spiro atoms. The van der Waals surface area contributed by atoms with E-state index in [1.54, 1.807) is 4.90 Å². The SMILES string of the molecule is N#CCN(Cc1ccccc1)C(=O)CC(N)C1CC1. The number of nitrogens with two attached hydrogens (primary N) is 1. The molecule has 0 radical (unpaired) electrons. The smallest absolute Gasteiger partial charge is 0.225 e. The molecule has 2 N–H and O–H groups in total. The van der Waals surface area contributed by atoms with Crippen LogP contribution < -0.4 is 5.73 Å². The van der Waals surface area contributed by atoms with Crippen molar-refractivity contribution in [3.63, 3.8) is 0 Å². The first-order valence-corrected chi connectivity index (χ1v) is 6.65. The molecule has 0 heterocycles. The second-order valence-corrected chi connectivity index (χ2v) is 5.10. The summed E-state index contributed by atoms with van der Waals surface area (Å²) in [6.07, 6.45) is 2.61. The number of benzene rings is 1. The molecule has 1 unspecified atom stereocenters.